The quantitative estimate of drug-likeness (QED) is 0.257. The summed E-state index contributed by atoms with van der Waals surface area (Å²) in [6.45, 7) is 2.63. The van der Waals surface area contributed by atoms with Crippen molar-refractivity contribution >= 4 is 0 Å². The Kier molecular flexibility index (Phi) is 6.25. The molecule has 4 heteroatoms. The number of halogens is 3. The smallest absolute Gasteiger partial charge is 0.166 e. The molecule has 4 aromatic rings. The molecule has 0 saturated carbocycles. The standard InChI is InChI=1S/C30H25F3O/c1-2-19-3-10-22(11-4-19)25-15-13-23(29(32)30(25)33)12-7-20-5-8-21(9-6-20)24-14-16-26(27(31)17-24)28-18-34-28/h3-6,8-11,13-17,28H,2,7,12,18H2,1H3. The van der Waals surface area contributed by atoms with Crippen LogP contribution in [0.25, 0.3) is 22.3 Å². The van der Waals surface area contributed by atoms with Crippen molar-refractivity contribution in [2.24, 2.45) is 0 Å². The number of hydrogen-bond donors (Lipinski definition) is 0. The summed E-state index contributed by atoms with van der Waals surface area (Å²) in [4.78, 5) is 0. The van der Waals surface area contributed by atoms with Crippen LogP contribution in [0.1, 0.15) is 35.3 Å². The summed E-state index contributed by atoms with van der Waals surface area (Å²) in [5.74, 6) is -1.85. The van der Waals surface area contributed by atoms with Crippen molar-refractivity contribution in [2.75, 3.05) is 6.61 Å². The van der Waals surface area contributed by atoms with E-state index in [9.17, 15) is 13.2 Å². The molecule has 0 aromatic heterocycles. The molecule has 0 aliphatic carbocycles. The summed E-state index contributed by atoms with van der Waals surface area (Å²) >= 11 is 0. The van der Waals surface area contributed by atoms with E-state index in [1.54, 1.807) is 18.2 Å². The average molecular weight is 459 g/mol. The van der Waals surface area contributed by atoms with Gasteiger partial charge in [-0.1, -0.05) is 79.7 Å². The fourth-order valence-electron chi connectivity index (χ4n) is 4.26. The number of aryl methyl sites for hydroxylation is 3. The van der Waals surface area contributed by atoms with E-state index in [4.69, 9.17) is 4.74 Å². The van der Waals surface area contributed by atoms with Crippen LogP contribution < -0.4 is 0 Å². The van der Waals surface area contributed by atoms with Gasteiger partial charge in [-0.15, -0.1) is 0 Å². The van der Waals surface area contributed by atoms with Gasteiger partial charge in [0.2, 0.25) is 0 Å². The third-order valence-corrected chi connectivity index (χ3v) is 6.49. The molecule has 1 unspecified atom stereocenters. The van der Waals surface area contributed by atoms with Crippen LogP contribution in [-0.4, -0.2) is 6.61 Å². The first-order chi connectivity index (χ1) is 16.5. The van der Waals surface area contributed by atoms with Crippen molar-refractivity contribution in [3.8, 4) is 22.3 Å². The second kappa shape index (κ2) is 9.47. The molecule has 1 fully saturated rings. The maximum atomic E-state index is 14.8. The number of epoxide rings is 1. The largest absolute Gasteiger partial charge is 0.368 e. The lowest BCUT2D eigenvalue weighted by Gasteiger charge is -2.10. The predicted octanol–water partition coefficient (Wildman–Crippen LogP) is 7.86. The van der Waals surface area contributed by atoms with Gasteiger partial charge in [0.25, 0.3) is 0 Å². The summed E-state index contributed by atoms with van der Waals surface area (Å²) in [6.07, 6.45) is 1.75. The second-order valence-electron chi connectivity index (χ2n) is 8.71. The summed E-state index contributed by atoms with van der Waals surface area (Å²) in [5.41, 5.74) is 5.76. The Bertz CT molecular complexity index is 1310. The molecule has 0 radical (unpaired) electrons. The molecule has 1 heterocycles. The Hall–Kier alpha value is -3.37. The fourth-order valence-corrected chi connectivity index (χ4v) is 4.26. The molecule has 5 rings (SSSR count). The third kappa shape index (κ3) is 4.64. The van der Waals surface area contributed by atoms with Crippen molar-refractivity contribution in [2.45, 2.75) is 32.3 Å². The van der Waals surface area contributed by atoms with Gasteiger partial charge in [-0.2, -0.15) is 0 Å². The first kappa shape index (κ1) is 22.4. The Morgan fingerprint density at radius 2 is 1.35 bits per heavy atom. The molecular weight excluding hydrogens is 433 g/mol. The van der Waals surface area contributed by atoms with Gasteiger partial charge < -0.3 is 4.74 Å². The minimum atomic E-state index is -0.806. The van der Waals surface area contributed by atoms with Crippen LogP contribution in [0.5, 0.6) is 0 Å². The Labute approximate surface area is 197 Å². The van der Waals surface area contributed by atoms with E-state index in [0.29, 0.717) is 36.1 Å². The van der Waals surface area contributed by atoms with Gasteiger partial charge in [-0.25, -0.2) is 13.2 Å². The summed E-state index contributed by atoms with van der Waals surface area (Å²) in [5, 5.41) is 0. The van der Waals surface area contributed by atoms with E-state index in [1.807, 2.05) is 54.6 Å². The highest BCUT2D eigenvalue weighted by Gasteiger charge is 2.27. The molecular formula is C30H25F3O. The topological polar surface area (TPSA) is 12.5 Å². The van der Waals surface area contributed by atoms with Crippen LogP contribution in [0.3, 0.4) is 0 Å². The number of ether oxygens (including phenoxy) is 1. The molecule has 0 bridgehead atoms. The highest BCUT2D eigenvalue weighted by molar-refractivity contribution is 5.66. The maximum Gasteiger partial charge on any atom is 0.166 e. The zero-order chi connectivity index (χ0) is 23.7. The monoisotopic (exact) mass is 458 g/mol. The van der Waals surface area contributed by atoms with Crippen LogP contribution in [-0.2, 0) is 24.0 Å². The first-order valence-electron chi connectivity index (χ1n) is 11.6. The second-order valence-corrected chi connectivity index (χ2v) is 8.71. The van der Waals surface area contributed by atoms with Gasteiger partial charge >= 0.3 is 0 Å². The minimum Gasteiger partial charge on any atom is -0.368 e. The zero-order valence-electron chi connectivity index (χ0n) is 19.0. The SMILES string of the molecule is CCc1ccc(-c2ccc(CCc3ccc(-c4ccc(C5CO5)c(F)c4)cc3)c(F)c2F)cc1. The van der Waals surface area contributed by atoms with Crippen molar-refractivity contribution in [1.82, 2.24) is 0 Å². The van der Waals surface area contributed by atoms with E-state index in [1.165, 1.54) is 6.07 Å². The molecule has 0 N–H and O–H groups in total. The summed E-state index contributed by atoms with van der Waals surface area (Å²) in [7, 11) is 0. The van der Waals surface area contributed by atoms with Crippen LogP contribution in [0.4, 0.5) is 13.2 Å². The van der Waals surface area contributed by atoms with Gasteiger partial charge in [0.15, 0.2) is 11.6 Å². The average Bonchev–Trinajstić information content (AvgIpc) is 3.71. The molecule has 34 heavy (non-hydrogen) atoms. The van der Waals surface area contributed by atoms with E-state index in [2.05, 4.69) is 6.92 Å². The Balaban J connectivity index is 1.27. The molecule has 1 atom stereocenters. The van der Waals surface area contributed by atoms with E-state index < -0.39 is 11.6 Å². The summed E-state index contributed by atoms with van der Waals surface area (Å²) in [6, 6.07) is 23.8. The van der Waals surface area contributed by atoms with Gasteiger partial charge in [-0.3, -0.25) is 0 Å². The zero-order valence-corrected chi connectivity index (χ0v) is 19.0. The number of hydrogen-bond acceptors (Lipinski definition) is 1. The first-order valence-corrected chi connectivity index (χ1v) is 11.6. The fraction of sp³-hybridized carbons (Fsp3) is 0.200. The molecule has 1 saturated heterocycles. The van der Waals surface area contributed by atoms with Crippen LogP contribution in [0.2, 0.25) is 0 Å². The van der Waals surface area contributed by atoms with Gasteiger partial charge in [-0.05, 0) is 58.7 Å². The molecule has 172 valence electrons. The lowest BCUT2D eigenvalue weighted by atomic mass is 9.97. The van der Waals surface area contributed by atoms with E-state index >= 15 is 0 Å². The van der Waals surface area contributed by atoms with Crippen molar-refractivity contribution in [3.05, 3.63) is 119 Å². The lowest BCUT2D eigenvalue weighted by Crippen LogP contribution is -2.00. The van der Waals surface area contributed by atoms with Crippen LogP contribution >= 0.6 is 0 Å². The van der Waals surface area contributed by atoms with E-state index in [-0.39, 0.29) is 17.5 Å². The van der Waals surface area contributed by atoms with Crippen LogP contribution in [0, 0.1) is 17.5 Å². The highest BCUT2D eigenvalue weighted by Crippen LogP contribution is 2.34. The third-order valence-electron chi connectivity index (χ3n) is 6.49. The lowest BCUT2D eigenvalue weighted by molar-refractivity contribution is 0.408. The number of rotatable bonds is 7. The Morgan fingerprint density at radius 1 is 0.706 bits per heavy atom. The molecule has 0 spiro atoms. The predicted molar refractivity (Wildman–Crippen MR) is 129 cm³/mol. The normalized spacial score (nSPS) is 14.9. The van der Waals surface area contributed by atoms with Crippen molar-refractivity contribution in [1.29, 1.82) is 0 Å². The van der Waals surface area contributed by atoms with Crippen molar-refractivity contribution in [3.63, 3.8) is 0 Å². The number of benzene rings is 4. The van der Waals surface area contributed by atoms with Gasteiger partial charge in [0, 0.05) is 11.1 Å². The molecule has 4 aromatic carbocycles. The minimum absolute atomic E-state index is 0.114. The van der Waals surface area contributed by atoms with Crippen molar-refractivity contribution < 1.29 is 17.9 Å². The molecule has 1 aliphatic heterocycles. The molecule has 1 aliphatic rings. The molecule has 0 amide bonds. The van der Waals surface area contributed by atoms with Gasteiger partial charge in [0.1, 0.15) is 11.9 Å². The van der Waals surface area contributed by atoms with E-state index in [0.717, 1.165) is 28.7 Å². The maximum absolute atomic E-state index is 14.8. The molecule has 1 nitrogen and oxygen atoms in total. The Morgan fingerprint density at radius 3 is 2.00 bits per heavy atom. The summed E-state index contributed by atoms with van der Waals surface area (Å²) < 4.78 is 49.1. The van der Waals surface area contributed by atoms with Gasteiger partial charge in [0.05, 0.1) is 6.61 Å². The van der Waals surface area contributed by atoms with Crippen LogP contribution in [0.15, 0.2) is 78.9 Å². The highest BCUT2D eigenvalue weighted by atomic mass is 19.2.